The molecule has 2 heterocycles. The molecule has 4 unspecified atom stereocenters. The average Bonchev–Trinajstić information content (AvgIpc) is 2.27. The van der Waals surface area contributed by atoms with Crippen LogP contribution in [0.3, 0.4) is 0 Å². The molecule has 4 heteroatoms. The van der Waals surface area contributed by atoms with E-state index >= 15 is 0 Å². The number of ether oxygens (including phenoxy) is 4. The molecule has 2 fully saturated rings. The van der Waals surface area contributed by atoms with Crippen molar-refractivity contribution in [3.8, 4) is 0 Å². The zero-order valence-corrected chi connectivity index (χ0v) is 10.5. The number of rotatable bonds is 2. The Morgan fingerprint density at radius 2 is 1.12 bits per heavy atom. The summed E-state index contributed by atoms with van der Waals surface area (Å²) < 4.78 is 22.9. The number of hydrogen-bond acceptors (Lipinski definition) is 4. The highest BCUT2D eigenvalue weighted by atomic mass is 16.8. The topological polar surface area (TPSA) is 36.9 Å². The maximum atomic E-state index is 5.81. The van der Waals surface area contributed by atoms with Gasteiger partial charge in [-0.1, -0.05) is 27.7 Å². The van der Waals surface area contributed by atoms with E-state index in [4.69, 9.17) is 18.9 Å². The molecule has 16 heavy (non-hydrogen) atoms. The Bertz CT molecular complexity index is 205. The first-order valence-electron chi connectivity index (χ1n) is 6.12. The molecule has 0 N–H and O–H groups in total. The number of fused-ring (bicyclic) bond motifs is 1. The zero-order valence-electron chi connectivity index (χ0n) is 10.5. The van der Waals surface area contributed by atoms with E-state index in [9.17, 15) is 0 Å². The minimum Gasteiger partial charge on any atom is -0.350 e. The molecule has 0 radical (unpaired) electrons. The van der Waals surface area contributed by atoms with Crippen LogP contribution in [-0.4, -0.2) is 38.0 Å². The third-order valence-electron chi connectivity index (χ3n) is 2.97. The van der Waals surface area contributed by atoms with Gasteiger partial charge in [0, 0.05) is 11.8 Å². The molecule has 0 aromatic rings. The Morgan fingerprint density at radius 3 is 1.44 bits per heavy atom. The van der Waals surface area contributed by atoms with E-state index in [-0.39, 0.29) is 24.8 Å². The smallest absolute Gasteiger partial charge is 0.160 e. The van der Waals surface area contributed by atoms with Gasteiger partial charge in [-0.2, -0.15) is 0 Å². The maximum absolute atomic E-state index is 5.81. The van der Waals surface area contributed by atoms with Crippen molar-refractivity contribution < 1.29 is 18.9 Å². The standard InChI is InChI=1S/C12H22O4/c1-7(2)11-13-5-10-9(15-11)6-14-12(16-10)8(3)4/h7-12H,5-6H2,1-4H3. The second-order valence-corrected chi connectivity index (χ2v) is 5.24. The van der Waals surface area contributed by atoms with Crippen molar-refractivity contribution in [2.45, 2.75) is 52.5 Å². The van der Waals surface area contributed by atoms with Crippen molar-refractivity contribution in [1.82, 2.24) is 0 Å². The molecule has 2 aliphatic rings. The van der Waals surface area contributed by atoms with Crippen molar-refractivity contribution in [1.29, 1.82) is 0 Å². The molecule has 0 aromatic carbocycles. The highest BCUT2D eigenvalue weighted by molar-refractivity contribution is 4.80. The minimum absolute atomic E-state index is 0.0242. The van der Waals surface area contributed by atoms with Gasteiger partial charge in [-0.3, -0.25) is 0 Å². The first kappa shape index (κ1) is 12.3. The molecular weight excluding hydrogens is 208 g/mol. The van der Waals surface area contributed by atoms with Crippen LogP contribution < -0.4 is 0 Å². The molecule has 2 saturated heterocycles. The Kier molecular flexibility index (Phi) is 3.85. The fourth-order valence-electron chi connectivity index (χ4n) is 1.97. The van der Waals surface area contributed by atoms with Crippen LogP contribution in [0.1, 0.15) is 27.7 Å². The minimum atomic E-state index is -0.121. The SMILES string of the molecule is CC(C)C1OCC2OC(C(C)C)OCC2O1. The van der Waals surface area contributed by atoms with Gasteiger partial charge in [0.2, 0.25) is 0 Å². The predicted molar refractivity (Wildman–Crippen MR) is 58.9 cm³/mol. The van der Waals surface area contributed by atoms with Crippen LogP contribution in [0.2, 0.25) is 0 Å². The van der Waals surface area contributed by atoms with Gasteiger partial charge in [0.05, 0.1) is 13.2 Å². The third kappa shape index (κ3) is 2.56. The van der Waals surface area contributed by atoms with E-state index in [1.807, 2.05) is 0 Å². The van der Waals surface area contributed by atoms with E-state index in [1.54, 1.807) is 0 Å². The van der Waals surface area contributed by atoms with Crippen LogP contribution in [0.15, 0.2) is 0 Å². The van der Waals surface area contributed by atoms with Crippen molar-refractivity contribution >= 4 is 0 Å². The molecule has 4 atom stereocenters. The first-order chi connectivity index (χ1) is 7.58. The Labute approximate surface area is 97.2 Å². The van der Waals surface area contributed by atoms with E-state index in [0.717, 1.165) is 0 Å². The van der Waals surface area contributed by atoms with Gasteiger partial charge in [-0.25, -0.2) is 0 Å². The monoisotopic (exact) mass is 230 g/mol. The molecule has 0 bridgehead atoms. The molecule has 0 spiro atoms. The van der Waals surface area contributed by atoms with Crippen LogP contribution in [-0.2, 0) is 18.9 Å². The van der Waals surface area contributed by atoms with Crippen molar-refractivity contribution in [3.63, 3.8) is 0 Å². The maximum Gasteiger partial charge on any atom is 0.160 e. The normalized spacial score (nSPS) is 40.1. The van der Waals surface area contributed by atoms with E-state index in [0.29, 0.717) is 25.0 Å². The van der Waals surface area contributed by atoms with Gasteiger partial charge >= 0.3 is 0 Å². The molecule has 2 rings (SSSR count). The zero-order chi connectivity index (χ0) is 11.7. The largest absolute Gasteiger partial charge is 0.350 e. The van der Waals surface area contributed by atoms with Gasteiger partial charge in [0.1, 0.15) is 12.2 Å². The summed E-state index contributed by atoms with van der Waals surface area (Å²) in [6.45, 7) is 9.58. The molecule has 94 valence electrons. The van der Waals surface area contributed by atoms with Crippen LogP contribution in [0.4, 0.5) is 0 Å². The van der Waals surface area contributed by atoms with Gasteiger partial charge in [-0.05, 0) is 0 Å². The summed E-state index contributed by atoms with van der Waals surface area (Å²) in [6.07, 6.45) is -0.194. The predicted octanol–water partition coefficient (Wildman–Crippen LogP) is 1.78. The van der Waals surface area contributed by atoms with E-state index in [1.165, 1.54) is 0 Å². The summed E-state index contributed by atoms with van der Waals surface area (Å²) in [7, 11) is 0. The van der Waals surface area contributed by atoms with Gasteiger partial charge in [0.15, 0.2) is 12.6 Å². The van der Waals surface area contributed by atoms with Crippen LogP contribution in [0, 0.1) is 11.8 Å². The van der Waals surface area contributed by atoms with E-state index < -0.39 is 0 Å². The summed E-state index contributed by atoms with van der Waals surface area (Å²) in [5.74, 6) is 0.729. The molecule has 4 nitrogen and oxygen atoms in total. The van der Waals surface area contributed by atoms with Gasteiger partial charge < -0.3 is 18.9 Å². The lowest BCUT2D eigenvalue weighted by Gasteiger charge is -2.43. The van der Waals surface area contributed by atoms with Crippen LogP contribution >= 0.6 is 0 Å². The fraction of sp³-hybridized carbons (Fsp3) is 1.00. The Morgan fingerprint density at radius 1 is 0.750 bits per heavy atom. The molecule has 0 aromatic heterocycles. The summed E-state index contributed by atoms with van der Waals surface area (Å²) in [5, 5.41) is 0. The highest BCUT2D eigenvalue weighted by Gasteiger charge is 2.40. The van der Waals surface area contributed by atoms with Crippen LogP contribution in [0.5, 0.6) is 0 Å². The summed E-state index contributed by atoms with van der Waals surface area (Å²) >= 11 is 0. The molecule has 0 aliphatic carbocycles. The Hall–Kier alpha value is -0.160. The second-order valence-electron chi connectivity index (χ2n) is 5.24. The average molecular weight is 230 g/mol. The fourth-order valence-corrected chi connectivity index (χ4v) is 1.97. The quantitative estimate of drug-likeness (QED) is 0.724. The van der Waals surface area contributed by atoms with Crippen LogP contribution in [0.25, 0.3) is 0 Å². The van der Waals surface area contributed by atoms with Crippen molar-refractivity contribution in [3.05, 3.63) is 0 Å². The second kappa shape index (κ2) is 5.00. The molecule has 0 saturated carbocycles. The van der Waals surface area contributed by atoms with Crippen molar-refractivity contribution in [2.24, 2.45) is 11.8 Å². The molecule has 0 amide bonds. The summed E-state index contributed by atoms with van der Waals surface area (Å²) in [6, 6.07) is 0. The van der Waals surface area contributed by atoms with Crippen molar-refractivity contribution in [2.75, 3.05) is 13.2 Å². The number of hydrogen-bond donors (Lipinski definition) is 0. The summed E-state index contributed by atoms with van der Waals surface area (Å²) in [5.41, 5.74) is 0. The van der Waals surface area contributed by atoms with Gasteiger partial charge in [-0.15, -0.1) is 0 Å². The highest BCUT2D eigenvalue weighted by Crippen LogP contribution is 2.27. The van der Waals surface area contributed by atoms with E-state index in [2.05, 4.69) is 27.7 Å². The first-order valence-corrected chi connectivity index (χ1v) is 6.12. The lowest BCUT2D eigenvalue weighted by atomic mass is 10.1. The summed E-state index contributed by atoms with van der Waals surface area (Å²) in [4.78, 5) is 0. The molecular formula is C12H22O4. The van der Waals surface area contributed by atoms with Gasteiger partial charge in [0.25, 0.3) is 0 Å². The third-order valence-corrected chi connectivity index (χ3v) is 2.97. The Balaban J connectivity index is 1.90. The lowest BCUT2D eigenvalue weighted by molar-refractivity contribution is -0.349. The lowest BCUT2D eigenvalue weighted by Crippen LogP contribution is -2.54. The molecule has 2 aliphatic heterocycles.